The van der Waals surface area contributed by atoms with Crippen LogP contribution in [0.5, 0.6) is 0 Å². The van der Waals surface area contributed by atoms with E-state index in [9.17, 15) is 4.79 Å². The molecule has 0 heterocycles. The molecule has 0 saturated heterocycles. The third kappa shape index (κ3) is 3.91. The van der Waals surface area contributed by atoms with E-state index in [0.717, 1.165) is 6.42 Å². The fourth-order valence-corrected chi connectivity index (χ4v) is 1.91. The second-order valence-corrected chi connectivity index (χ2v) is 4.35. The van der Waals surface area contributed by atoms with E-state index in [0.29, 0.717) is 22.2 Å². The topological polar surface area (TPSA) is 49.3 Å². The molecule has 5 heteroatoms. The van der Waals surface area contributed by atoms with Crippen LogP contribution in [-0.4, -0.2) is 17.1 Å². The Kier molecular flexibility index (Phi) is 4.90. The highest BCUT2D eigenvalue weighted by atomic mass is 35.5. The second-order valence-electron chi connectivity index (χ2n) is 3.48. The van der Waals surface area contributed by atoms with Gasteiger partial charge >= 0.3 is 5.97 Å². The first-order valence-corrected chi connectivity index (χ1v) is 5.74. The van der Waals surface area contributed by atoms with E-state index < -0.39 is 12.0 Å². The Morgan fingerprint density at radius 1 is 1.38 bits per heavy atom. The van der Waals surface area contributed by atoms with Gasteiger partial charge in [0.1, 0.15) is 6.04 Å². The number of carboxylic acids is 1. The fourth-order valence-electron chi connectivity index (χ4n) is 1.38. The van der Waals surface area contributed by atoms with E-state index in [-0.39, 0.29) is 0 Å². The number of anilines is 1. The summed E-state index contributed by atoms with van der Waals surface area (Å²) in [5.74, 6) is -0.877. The molecular formula is C11H13Cl2NO2. The van der Waals surface area contributed by atoms with Crippen LogP contribution in [0.15, 0.2) is 18.2 Å². The molecule has 1 aromatic carbocycles. The molecule has 0 amide bonds. The van der Waals surface area contributed by atoms with Gasteiger partial charge in [0.2, 0.25) is 0 Å². The molecule has 1 atom stereocenters. The number of carboxylic acid groups (broad SMARTS) is 1. The first kappa shape index (κ1) is 13.1. The largest absolute Gasteiger partial charge is 0.480 e. The van der Waals surface area contributed by atoms with Gasteiger partial charge < -0.3 is 10.4 Å². The predicted molar refractivity (Wildman–Crippen MR) is 66.4 cm³/mol. The Labute approximate surface area is 104 Å². The van der Waals surface area contributed by atoms with Crippen LogP contribution in [0.25, 0.3) is 0 Å². The molecule has 0 saturated carbocycles. The molecule has 0 radical (unpaired) electrons. The van der Waals surface area contributed by atoms with E-state index in [1.807, 2.05) is 6.92 Å². The van der Waals surface area contributed by atoms with Crippen molar-refractivity contribution in [3.8, 4) is 0 Å². The molecule has 0 spiro atoms. The molecule has 0 aliphatic rings. The summed E-state index contributed by atoms with van der Waals surface area (Å²) in [5, 5.41) is 12.8. The van der Waals surface area contributed by atoms with Crippen molar-refractivity contribution in [2.24, 2.45) is 0 Å². The Morgan fingerprint density at radius 2 is 1.94 bits per heavy atom. The van der Waals surface area contributed by atoms with Crippen molar-refractivity contribution < 1.29 is 9.90 Å². The number of benzene rings is 1. The van der Waals surface area contributed by atoms with Crippen LogP contribution >= 0.6 is 23.2 Å². The summed E-state index contributed by atoms with van der Waals surface area (Å²) in [6, 6.07) is 4.29. The zero-order valence-electron chi connectivity index (χ0n) is 8.84. The molecule has 0 aromatic heterocycles. The molecular weight excluding hydrogens is 249 g/mol. The maximum absolute atomic E-state index is 10.9. The SMILES string of the molecule is CCCC(Nc1cc(Cl)cc(Cl)c1)C(=O)O. The van der Waals surface area contributed by atoms with Crippen LogP contribution in [0.4, 0.5) is 5.69 Å². The highest BCUT2D eigenvalue weighted by molar-refractivity contribution is 6.35. The van der Waals surface area contributed by atoms with Crippen LogP contribution < -0.4 is 5.32 Å². The third-order valence-corrected chi connectivity index (χ3v) is 2.52. The van der Waals surface area contributed by atoms with Gasteiger partial charge in [0.05, 0.1) is 0 Å². The minimum atomic E-state index is -0.877. The van der Waals surface area contributed by atoms with Gasteiger partial charge in [-0.25, -0.2) is 4.79 Å². The number of hydrogen-bond donors (Lipinski definition) is 2. The van der Waals surface area contributed by atoms with Crippen LogP contribution in [-0.2, 0) is 4.79 Å². The lowest BCUT2D eigenvalue weighted by Crippen LogP contribution is -2.28. The predicted octanol–water partition coefficient (Wildman–Crippen LogP) is 3.66. The lowest BCUT2D eigenvalue weighted by molar-refractivity contribution is -0.138. The van der Waals surface area contributed by atoms with Crippen molar-refractivity contribution in [1.82, 2.24) is 0 Å². The summed E-state index contributed by atoms with van der Waals surface area (Å²) < 4.78 is 0. The summed E-state index contributed by atoms with van der Waals surface area (Å²) in [6.45, 7) is 1.93. The first-order chi connectivity index (χ1) is 7.52. The summed E-state index contributed by atoms with van der Waals surface area (Å²) >= 11 is 11.6. The minimum absolute atomic E-state index is 0.482. The number of aliphatic carboxylic acids is 1. The van der Waals surface area contributed by atoms with Crippen molar-refractivity contribution in [2.75, 3.05) is 5.32 Å². The van der Waals surface area contributed by atoms with E-state index >= 15 is 0 Å². The lowest BCUT2D eigenvalue weighted by atomic mass is 10.1. The van der Waals surface area contributed by atoms with E-state index in [4.69, 9.17) is 28.3 Å². The smallest absolute Gasteiger partial charge is 0.326 e. The van der Waals surface area contributed by atoms with E-state index in [1.165, 1.54) is 0 Å². The van der Waals surface area contributed by atoms with Gasteiger partial charge in [0.15, 0.2) is 0 Å². The van der Waals surface area contributed by atoms with Crippen LogP contribution in [0.1, 0.15) is 19.8 Å². The summed E-state index contributed by atoms with van der Waals surface area (Å²) in [4.78, 5) is 10.9. The molecule has 1 unspecified atom stereocenters. The van der Waals surface area contributed by atoms with Gasteiger partial charge in [-0.3, -0.25) is 0 Å². The second kappa shape index (κ2) is 5.97. The van der Waals surface area contributed by atoms with Crippen LogP contribution in [0, 0.1) is 0 Å². The van der Waals surface area contributed by atoms with Crippen molar-refractivity contribution >= 4 is 34.9 Å². The average molecular weight is 262 g/mol. The summed E-state index contributed by atoms with van der Waals surface area (Å²) in [7, 11) is 0. The Morgan fingerprint density at radius 3 is 2.38 bits per heavy atom. The monoisotopic (exact) mass is 261 g/mol. The fraction of sp³-hybridized carbons (Fsp3) is 0.364. The normalized spacial score (nSPS) is 12.2. The summed E-state index contributed by atoms with van der Waals surface area (Å²) in [5.41, 5.74) is 0.623. The number of halogens is 2. The molecule has 0 fully saturated rings. The van der Waals surface area contributed by atoms with Crippen LogP contribution in [0.3, 0.4) is 0 Å². The average Bonchev–Trinajstić information content (AvgIpc) is 2.15. The maximum Gasteiger partial charge on any atom is 0.326 e. The van der Waals surface area contributed by atoms with Crippen molar-refractivity contribution in [3.05, 3.63) is 28.2 Å². The highest BCUT2D eigenvalue weighted by Crippen LogP contribution is 2.23. The molecule has 0 aliphatic carbocycles. The first-order valence-electron chi connectivity index (χ1n) is 4.98. The van der Waals surface area contributed by atoms with E-state index in [2.05, 4.69) is 5.32 Å². The van der Waals surface area contributed by atoms with Crippen molar-refractivity contribution in [2.45, 2.75) is 25.8 Å². The van der Waals surface area contributed by atoms with Gasteiger partial charge in [0.25, 0.3) is 0 Å². The van der Waals surface area contributed by atoms with Gasteiger partial charge in [-0.2, -0.15) is 0 Å². The van der Waals surface area contributed by atoms with Gasteiger partial charge in [-0.05, 0) is 24.6 Å². The Hall–Kier alpha value is -0.930. The van der Waals surface area contributed by atoms with Gasteiger partial charge in [-0.1, -0.05) is 36.5 Å². The quantitative estimate of drug-likeness (QED) is 0.851. The third-order valence-electron chi connectivity index (χ3n) is 2.08. The Bertz CT molecular complexity index is 362. The van der Waals surface area contributed by atoms with Gasteiger partial charge in [0, 0.05) is 15.7 Å². The molecule has 1 rings (SSSR count). The zero-order valence-corrected chi connectivity index (χ0v) is 10.3. The van der Waals surface area contributed by atoms with Crippen molar-refractivity contribution in [1.29, 1.82) is 0 Å². The minimum Gasteiger partial charge on any atom is -0.480 e. The standard InChI is InChI=1S/C11H13Cl2NO2/c1-2-3-10(11(15)16)14-9-5-7(12)4-8(13)6-9/h4-6,10,14H,2-3H2,1H3,(H,15,16). The molecule has 3 nitrogen and oxygen atoms in total. The summed E-state index contributed by atoms with van der Waals surface area (Å²) in [6.07, 6.45) is 1.34. The highest BCUT2D eigenvalue weighted by Gasteiger charge is 2.15. The zero-order chi connectivity index (χ0) is 12.1. The molecule has 1 aromatic rings. The lowest BCUT2D eigenvalue weighted by Gasteiger charge is -2.15. The molecule has 88 valence electrons. The molecule has 0 aliphatic heterocycles. The Balaban J connectivity index is 2.80. The maximum atomic E-state index is 10.9. The van der Waals surface area contributed by atoms with Crippen LogP contribution in [0.2, 0.25) is 10.0 Å². The number of rotatable bonds is 5. The van der Waals surface area contributed by atoms with Gasteiger partial charge in [-0.15, -0.1) is 0 Å². The van der Waals surface area contributed by atoms with Crippen molar-refractivity contribution in [3.63, 3.8) is 0 Å². The number of nitrogens with one attached hydrogen (secondary N) is 1. The number of hydrogen-bond acceptors (Lipinski definition) is 2. The number of carbonyl (C=O) groups is 1. The van der Waals surface area contributed by atoms with E-state index in [1.54, 1.807) is 18.2 Å². The molecule has 2 N–H and O–H groups in total. The molecule has 16 heavy (non-hydrogen) atoms. The molecule has 0 bridgehead atoms.